The second-order valence-corrected chi connectivity index (χ2v) is 6.84. The maximum atomic E-state index is 13.4. The predicted octanol–water partition coefficient (Wildman–Crippen LogP) is 2.62. The summed E-state index contributed by atoms with van der Waals surface area (Å²) in [7, 11) is -3.11. The lowest BCUT2D eigenvalue weighted by atomic mass is 10.1. The van der Waals surface area contributed by atoms with Crippen LogP contribution in [0.1, 0.15) is 15.9 Å². The molecule has 0 fully saturated rings. The van der Waals surface area contributed by atoms with Crippen LogP contribution in [0, 0.1) is 5.82 Å². The first kappa shape index (κ1) is 15.2. The maximum absolute atomic E-state index is 13.4. The number of benzene rings is 2. The van der Waals surface area contributed by atoms with E-state index in [9.17, 15) is 17.6 Å². The van der Waals surface area contributed by atoms with Crippen molar-refractivity contribution >= 4 is 21.4 Å². The Hall–Kier alpha value is -2.21. The average Bonchev–Trinajstić information content (AvgIpc) is 2.40. The van der Waals surface area contributed by atoms with Crippen LogP contribution in [0.4, 0.5) is 10.1 Å². The van der Waals surface area contributed by atoms with E-state index in [1.165, 1.54) is 30.3 Å². The van der Waals surface area contributed by atoms with Crippen LogP contribution in [-0.4, -0.2) is 20.6 Å². The zero-order valence-electron chi connectivity index (χ0n) is 11.3. The molecule has 0 aromatic heterocycles. The van der Waals surface area contributed by atoms with Crippen molar-refractivity contribution in [3.63, 3.8) is 0 Å². The van der Waals surface area contributed by atoms with Crippen LogP contribution >= 0.6 is 0 Å². The predicted molar refractivity (Wildman–Crippen MR) is 79.3 cm³/mol. The minimum absolute atomic E-state index is 0.0811. The lowest BCUT2D eigenvalue weighted by Gasteiger charge is -2.07. The number of rotatable bonds is 4. The van der Waals surface area contributed by atoms with Gasteiger partial charge in [0.15, 0.2) is 9.84 Å². The third kappa shape index (κ3) is 4.39. The van der Waals surface area contributed by atoms with Gasteiger partial charge in [0.1, 0.15) is 5.82 Å². The molecule has 6 heteroatoms. The molecular formula is C15H14FNO3S. The van der Waals surface area contributed by atoms with Crippen LogP contribution in [0.2, 0.25) is 0 Å². The van der Waals surface area contributed by atoms with Gasteiger partial charge in [0.25, 0.3) is 5.91 Å². The van der Waals surface area contributed by atoms with Gasteiger partial charge in [0.2, 0.25) is 0 Å². The number of carbonyl (C=O) groups is 1. The first-order chi connectivity index (χ1) is 9.85. The minimum atomic E-state index is -3.11. The van der Waals surface area contributed by atoms with E-state index < -0.39 is 21.6 Å². The van der Waals surface area contributed by atoms with Gasteiger partial charge in [-0.1, -0.05) is 24.3 Å². The summed E-state index contributed by atoms with van der Waals surface area (Å²) >= 11 is 0. The zero-order chi connectivity index (χ0) is 15.5. The van der Waals surface area contributed by atoms with Crippen LogP contribution in [0.3, 0.4) is 0 Å². The van der Waals surface area contributed by atoms with Gasteiger partial charge in [-0.05, 0) is 29.8 Å². The first-order valence-corrected chi connectivity index (χ1v) is 8.24. The molecule has 2 aromatic rings. The van der Waals surface area contributed by atoms with Gasteiger partial charge in [0.05, 0.1) is 11.4 Å². The summed E-state index contributed by atoms with van der Waals surface area (Å²) < 4.78 is 35.8. The molecule has 21 heavy (non-hydrogen) atoms. The summed E-state index contributed by atoms with van der Waals surface area (Å²) in [5.74, 6) is -1.05. The molecule has 1 amide bonds. The molecule has 0 atom stereocenters. The number of anilines is 1. The molecule has 0 aliphatic heterocycles. The molecule has 0 unspecified atom stereocenters. The number of carbonyl (C=O) groups excluding carboxylic acids is 1. The topological polar surface area (TPSA) is 63.2 Å². The van der Waals surface area contributed by atoms with E-state index in [-0.39, 0.29) is 11.4 Å². The second kappa shape index (κ2) is 6.05. The molecule has 2 rings (SSSR count). The fourth-order valence-electron chi connectivity index (χ4n) is 1.81. The molecule has 0 bridgehead atoms. The highest BCUT2D eigenvalue weighted by molar-refractivity contribution is 7.89. The highest BCUT2D eigenvalue weighted by Crippen LogP contribution is 2.15. The molecule has 2 aromatic carbocycles. The Morgan fingerprint density at radius 2 is 1.71 bits per heavy atom. The Labute approximate surface area is 122 Å². The summed E-state index contributed by atoms with van der Waals surface area (Å²) in [4.78, 5) is 12.0. The van der Waals surface area contributed by atoms with Crippen molar-refractivity contribution in [3.05, 3.63) is 65.5 Å². The van der Waals surface area contributed by atoms with E-state index in [0.29, 0.717) is 11.1 Å². The molecule has 0 aliphatic rings. The maximum Gasteiger partial charge on any atom is 0.255 e. The van der Waals surface area contributed by atoms with Crippen LogP contribution in [0.15, 0.2) is 48.5 Å². The lowest BCUT2D eigenvalue weighted by Crippen LogP contribution is -2.13. The third-order valence-corrected chi connectivity index (χ3v) is 3.62. The van der Waals surface area contributed by atoms with E-state index in [4.69, 9.17) is 0 Å². The number of sulfone groups is 1. The summed E-state index contributed by atoms with van der Waals surface area (Å²) in [6.45, 7) is 0. The molecular weight excluding hydrogens is 293 g/mol. The SMILES string of the molecule is CS(=O)(=O)Cc1ccc(C(=O)Nc2ccccc2F)cc1. The highest BCUT2D eigenvalue weighted by Gasteiger charge is 2.10. The van der Waals surface area contributed by atoms with Gasteiger partial charge in [-0.15, -0.1) is 0 Å². The van der Waals surface area contributed by atoms with Crippen molar-refractivity contribution in [2.75, 3.05) is 11.6 Å². The normalized spacial score (nSPS) is 11.1. The number of hydrogen-bond donors (Lipinski definition) is 1. The molecule has 110 valence electrons. The van der Waals surface area contributed by atoms with Crippen molar-refractivity contribution < 1.29 is 17.6 Å². The molecule has 0 saturated heterocycles. The molecule has 4 nitrogen and oxygen atoms in total. The number of para-hydroxylation sites is 1. The summed E-state index contributed by atoms with van der Waals surface area (Å²) in [6.07, 6.45) is 1.14. The number of halogens is 1. The molecule has 0 aliphatic carbocycles. The molecule has 0 saturated carbocycles. The minimum Gasteiger partial charge on any atom is -0.319 e. The molecule has 0 radical (unpaired) electrons. The van der Waals surface area contributed by atoms with E-state index in [2.05, 4.69) is 5.32 Å². The van der Waals surface area contributed by atoms with Crippen LogP contribution < -0.4 is 5.32 Å². The zero-order valence-corrected chi connectivity index (χ0v) is 12.2. The Morgan fingerprint density at radius 3 is 2.29 bits per heavy atom. The number of nitrogens with one attached hydrogen (secondary N) is 1. The van der Waals surface area contributed by atoms with Crippen LogP contribution in [-0.2, 0) is 15.6 Å². The van der Waals surface area contributed by atoms with Crippen LogP contribution in [0.5, 0.6) is 0 Å². The monoisotopic (exact) mass is 307 g/mol. The van der Waals surface area contributed by atoms with E-state index >= 15 is 0 Å². The summed E-state index contributed by atoms with van der Waals surface area (Å²) in [5.41, 5.74) is 1.03. The fourth-order valence-corrected chi connectivity index (χ4v) is 2.61. The summed E-state index contributed by atoms with van der Waals surface area (Å²) in [5, 5.41) is 2.46. The van der Waals surface area contributed by atoms with E-state index in [1.807, 2.05) is 0 Å². The Kier molecular flexibility index (Phi) is 4.37. The van der Waals surface area contributed by atoms with Crippen molar-refractivity contribution in [1.82, 2.24) is 0 Å². The van der Waals surface area contributed by atoms with Crippen LogP contribution in [0.25, 0.3) is 0 Å². The van der Waals surface area contributed by atoms with Gasteiger partial charge in [-0.2, -0.15) is 0 Å². The second-order valence-electron chi connectivity index (χ2n) is 4.70. The first-order valence-electron chi connectivity index (χ1n) is 6.18. The number of amides is 1. The van der Waals surface area contributed by atoms with Gasteiger partial charge in [0, 0.05) is 11.8 Å². The van der Waals surface area contributed by atoms with Gasteiger partial charge < -0.3 is 5.32 Å². The standard InChI is InChI=1S/C15H14FNO3S/c1-21(19,20)10-11-6-8-12(9-7-11)15(18)17-14-5-3-2-4-13(14)16/h2-9H,10H2,1H3,(H,17,18). The fraction of sp³-hybridized carbons (Fsp3) is 0.133. The quantitative estimate of drug-likeness (QED) is 0.944. The Bertz CT molecular complexity index is 755. The largest absolute Gasteiger partial charge is 0.319 e. The van der Waals surface area contributed by atoms with Gasteiger partial charge in [-0.3, -0.25) is 4.79 Å². The Balaban J connectivity index is 2.12. The molecule has 0 spiro atoms. The van der Waals surface area contributed by atoms with Gasteiger partial charge in [-0.25, -0.2) is 12.8 Å². The van der Waals surface area contributed by atoms with Crippen molar-refractivity contribution in [1.29, 1.82) is 0 Å². The Morgan fingerprint density at radius 1 is 1.10 bits per heavy atom. The van der Waals surface area contributed by atoms with Crippen molar-refractivity contribution in [3.8, 4) is 0 Å². The third-order valence-electron chi connectivity index (χ3n) is 2.77. The smallest absolute Gasteiger partial charge is 0.255 e. The van der Waals surface area contributed by atoms with E-state index in [0.717, 1.165) is 6.26 Å². The van der Waals surface area contributed by atoms with E-state index in [1.54, 1.807) is 18.2 Å². The van der Waals surface area contributed by atoms with Crippen molar-refractivity contribution in [2.45, 2.75) is 5.75 Å². The summed E-state index contributed by atoms with van der Waals surface area (Å²) in [6, 6.07) is 12.0. The van der Waals surface area contributed by atoms with Gasteiger partial charge >= 0.3 is 0 Å². The lowest BCUT2D eigenvalue weighted by molar-refractivity contribution is 0.102. The van der Waals surface area contributed by atoms with Crippen molar-refractivity contribution in [2.24, 2.45) is 0 Å². The average molecular weight is 307 g/mol. The highest BCUT2D eigenvalue weighted by atomic mass is 32.2. The molecule has 0 heterocycles. The number of hydrogen-bond acceptors (Lipinski definition) is 3. The molecule has 1 N–H and O–H groups in total.